The van der Waals surface area contributed by atoms with E-state index in [0.29, 0.717) is 5.69 Å². The van der Waals surface area contributed by atoms with Crippen LogP contribution in [0, 0.1) is 0 Å². The van der Waals surface area contributed by atoms with Crippen molar-refractivity contribution in [2.24, 2.45) is 0 Å². The Hall–Kier alpha value is -1.66. The summed E-state index contributed by atoms with van der Waals surface area (Å²) in [6.45, 7) is 0.991. The second-order valence-electron chi connectivity index (χ2n) is 4.41. The first-order valence-corrected chi connectivity index (χ1v) is 6.03. The van der Waals surface area contributed by atoms with Crippen molar-refractivity contribution >= 4 is 11.8 Å². The van der Waals surface area contributed by atoms with Crippen LogP contribution in [0.2, 0.25) is 0 Å². The Morgan fingerprint density at radius 3 is 3.06 bits per heavy atom. The van der Waals surface area contributed by atoms with E-state index in [0.717, 1.165) is 19.4 Å². The van der Waals surface area contributed by atoms with Crippen molar-refractivity contribution in [3.63, 3.8) is 0 Å². The van der Waals surface area contributed by atoms with Gasteiger partial charge in [0.15, 0.2) is 0 Å². The van der Waals surface area contributed by atoms with Crippen molar-refractivity contribution < 1.29 is 14.7 Å². The molecule has 2 heterocycles. The topological polar surface area (TPSA) is 85.4 Å². The van der Waals surface area contributed by atoms with Crippen molar-refractivity contribution in [3.05, 3.63) is 24.0 Å². The van der Waals surface area contributed by atoms with Crippen LogP contribution in [0.15, 0.2) is 18.3 Å². The lowest BCUT2D eigenvalue weighted by molar-refractivity contribution is -0.121. The van der Waals surface area contributed by atoms with Crippen molar-refractivity contribution in [2.75, 3.05) is 19.7 Å². The molecular weight excluding hydrogens is 234 g/mol. The molecule has 1 fully saturated rings. The number of imide groups is 1. The Morgan fingerprint density at radius 1 is 1.56 bits per heavy atom. The summed E-state index contributed by atoms with van der Waals surface area (Å²) in [5.41, 5.74) is 0.364. The van der Waals surface area contributed by atoms with E-state index in [2.05, 4.69) is 10.3 Å². The van der Waals surface area contributed by atoms with E-state index >= 15 is 0 Å². The molecule has 0 spiro atoms. The number of aromatic amines is 1. The quantitative estimate of drug-likeness (QED) is 0.687. The minimum absolute atomic E-state index is 0.0383. The Balaban J connectivity index is 1.83. The number of aliphatic hydroxyl groups is 1. The van der Waals surface area contributed by atoms with Gasteiger partial charge in [-0.3, -0.25) is 19.8 Å². The SMILES string of the molecule is O=C(CN1CCC[C@@H]1CO)NC(=O)c1ccc[nH]1. The lowest BCUT2D eigenvalue weighted by atomic mass is 10.2. The summed E-state index contributed by atoms with van der Waals surface area (Å²) in [6, 6.07) is 3.34. The van der Waals surface area contributed by atoms with Gasteiger partial charge in [0, 0.05) is 12.2 Å². The summed E-state index contributed by atoms with van der Waals surface area (Å²) in [5, 5.41) is 11.5. The third-order valence-corrected chi connectivity index (χ3v) is 3.15. The van der Waals surface area contributed by atoms with Crippen molar-refractivity contribution in [1.82, 2.24) is 15.2 Å². The van der Waals surface area contributed by atoms with Crippen LogP contribution in [0.3, 0.4) is 0 Å². The van der Waals surface area contributed by atoms with Gasteiger partial charge in [0.05, 0.1) is 13.2 Å². The molecule has 1 aliphatic heterocycles. The zero-order valence-electron chi connectivity index (χ0n) is 10.1. The van der Waals surface area contributed by atoms with Crippen LogP contribution < -0.4 is 5.32 Å². The minimum Gasteiger partial charge on any atom is -0.395 e. The first-order valence-electron chi connectivity index (χ1n) is 6.03. The summed E-state index contributed by atoms with van der Waals surface area (Å²) in [6.07, 6.45) is 3.50. The van der Waals surface area contributed by atoms with Crippen LogP contribution in [0.5, 0.6) is 0 Å². The molecule has 2 rings (SSSR count). The molecule has 1 aromatic heterocycles. The van der Waals surface area contributed by atoms with Crippen LogP contribution in [0.4, 0.5) is 0 Å². The normalized spacial score (nSPS) is 19.9. The van der Waals surface area contributed by atoms with Crippen LogP contribution in [-0.2, 0) is 4.79 Å². The second-order valence-corrected chi connectivity index (χ2v) is 4.41. The second kappa shape index (κ2) is 5.79. The highest BCUT2D eigenvalue weighted by Crippen LogP contribution is 2.15. The summed E-state index contributed by atoms with van der Waals surface area (Å²) < 4.78 is 0. The highest BCUT2D eigenvalue weighted by molar-refractivity contribution is 6.04. The molecule has 3 N–H and O–H groups in total. The summed E-state index contributed by atoms with van der Waals surface area (Å²) >= 11 is 0. The van der Waals surface area contributed by atoms with Gasteiger partial charge in [-0.2, -0.15) is 0 Å². The van der Waals surface area contributed by atoms with E-state index in [1.54, 1.807) is 18.3 Å². The van der Waals surface area contributed by atoms with Crippen molar-refractivity contribution in [1.29, 1.82) is 0 Å². The molecule has 1 saturated heterocycles. The van der Waals surface area contributed by atoms with E-state index in [4.69, 9.17) is 5.11 Å². The standard InChI is InChI=1S/C12H17N3O3/c16-8-9-3-2-6-15(9)7-11(17)14-12(18)10-4-1-5-13-10/h1,4-5,9,13,16H,2-3,6-8H2,(H,14,17,18)/t9-/m1/s1. The van der Waals surface area contributed by atoms with Gasteiger partial charge in [0.2, 0.25) is 5.91 Å². The molecule has 1 aliphatic rings. The van der Waals surface area contributed by atoms with E-state index in [-0.39, 0.29) is 25.1 Å². The summed E-state index contributed by atoms with van der Waals surface area (Å²) in [4.78, 5) is 27.9. The van der Waals surface area contributed by atoms with Crippen LogP contribution in [0.25, 0.3) is 0 Å². The zero-order chi connectivity index (χ0) is 13.0. The van der Waals surface area contributed by atoms with E-state index in [1.807, 2.05) is 4.90 Å². The van der Waals surface area contributed by atoms with Gasteiger partial charge in [-0.1, -0.05) is 0 Å². The van der Waals surface area contributed by atoms with Gasteiger partial charge < -0.3 is 10.1 Å². The minimum atomic E-state index is -0.426. The van der Waals surface area contributed by atoms with Gasteiger partial charge in [-0.15, -0.1) is 0 Å². The fraction of sp³-hybridized carbons (Fsp3) is 0.500. The molecule has 6 heteroatoms. The number of nitrogens with one attached hydrogen (secondary N) is 2. The highest BCUT2D eigenvalue weighted by atomic mass is 16.3. The number of likely N-dealkylation sites (tertiary alicyclic amines) is 1. The molecule has 0 aliphatic carbocycles. The number of aliphatic hydroxyl groups excluding tert-OH is 1. The zero-order valence-corrected chi connectivity index (χ0v) is 10.1. The number of hydrogen-bond donors (Lipinski definition) is 3. The molecule has 0 radical (unpaired) electrons. The fourth-order valence-electron chi connectivity index (χ4n) is 2.20. The van der Waals surface area contributed by atoms with E-state index < -0.39 is 5.91 Å². The average Bonchev–Trinajstić information content (AvgIpc) is 2.98. The summed E-state index contributed by atoms with van der Waals surface area (Å²) in [7, 11) is 0. The first kappa shape index (κ1) is 12.8. The monoisotopic (exact) mass is 251 g/mol. The van der Waals surface area contributed by atoms with Crippen LogP contribution >= 0.6 is 0 Å². The first-order chi connectivity index (χ1) is 8.70. The molecule has 0 unspecified atom stereocenters. The van der Waals surface area contributed by atoms with E-state index in [1.165, 1.54) is 0 Å². The molecule has 98 valence electrons. The maximum atomic E-state index is 11.7. The number of aromatic nitrogens is 1. The van der Waals surface area contributed by atoms with Crippen LogP contribution in [-0.4, -0.2) is 52.5 Å². The Kier molecular flexibility index (Phi) is 4.11. The average molecular weight is 251 g/mol. The molecule has 6 nitrogen and oxygen atoms in total. The van der Waals surface area contributed by atoms with Gasteiger partial charge in [-0.05, 0) is 31.5 Å². The Labute approximate surface area is 105 Å². The predicted molar refractivity (Wildman–Crippen MR) is 64.9 cm³/mol. The van der Waals surface area contributed by atoms with Crippen molar-refractivity contribution in [2.45, 2.75) is 18.9 Å². The molecular formula is C12H17N3O3. The molecule has 1 aromatic rings. The molecule has 1 atom stereocenters. The number of amides is 2. The third-order valence-electron chi connectivity index (χ3n) is 3.15. The molecule has 0 saturated carbocycles. The Morgan fingerprint density at radius 2 is 2.39 bits per heavy atom. The molecule has 18 heavy (non-hydrogen) atoms. The van der Waals surface area contributed by atoms with Gasteiger partial charge in [-0.25, -0.2) is 0 Å². The molecule has 0 bridgehead atoms. The van der Waals surface area contributed by atoms with E-state index in [9.17, 15) is 9.59 Å². The molecule has 0 aromatic carbocycles. The number of carbonyl (C=O) groups is 2. The Bertz CT molecular complexity index is 416. The number of hydrogen-bond acceptors (Lipinski definition) is 4. The molecule has 2 amide bonds. The lowest BCUT2D eigenvalue weighted by Crippen LogP contribution is -2.43. The van der Waals surface area contributed by atoms with Crippen LogP contribution in [0.1, 0.15) is 23.3 Å². The highest BCUT2D eigenvalue weighted by Gasteiger charge is 2.26. The van der Waals surface area contributed by atoms with Gasteiger partial charge in [0.25, 0.3) is 5.91 Å². The largest absolute Gasteiger partial charge is 0.395 e. The van der Waals surface area contributed by atoms with Gasteiger partial charge in [0.1, 0.15) is 5.69 Å². The lowest BCUT2D eigenvalue weighted by Gasteiger charge is -2.21. The summed E-state index contributed by atoms with van der Waals surface area (Å²) in [5.74, 6) is -0.764. The number of H-pyrrole nitrogens is 1. The smallest absolute Gasteiger partial charge is 0.274 e. The fourth-order valence-corrected chi connectivity index (χ4v) is 2.20. The maximum Gasteiger partial charge on any atom is 0.274 e. The number of rotatable bonds is 4. The van der Waals surface area contributed by atoms with Gasteiger partial charge >= 0.3 is 0 Å². The van der Waals surface area contributed by atoms with Crippen molar-refractivity contribution in [3.8, 4) is 0 Å². The number of carbonyl (C=O) groups excluding carboxylic acids is 2. The number of nitrogens with zero attached hydrogens (tertiary/aromatic N) is 1. The predicted octanol–water partition coefficient (Wildman–Crippen LogP) is -0.272. The maximum absolute atomic E-state index is 11.7. The third kappa shape index (κ3) is 2.96.